The largest absolute Gasteiger partial charge is 0.497 e. The molecule has 0 heterocycles. The van der Waals surface area contributed by atoms with Gasteiger partial charge in [0.25, 0.3) is 0 Å². The SMILES string of the molecule is COc1ccc(Cl)c(CN(C)[C@H](C)c2cccc3ccccc23)c1. The lowest BCUT2D eigenvalue weighted by Crippen LogP contribution is -2.22. The van der Waals surface area contributed by atoms with Crippen LogP contribution in [0.4, 0.5) is 0 Å². The maximum Gasteiger partial charge on any atom is 0.119 e. The molecular weight excluding hydrogens is 318 g/mol. The topological polar surface area (TPSA) is 12.5 Å². The van der Waals surface area contributed by atoms with Crippen molar-refractivity contribution in [3.8, 4) is 5.75 Å². The summed E-state index contributed by atoms with van der Waals surface area (Å²) in [4.78, 5) is 2.31. The fraction of sp³-hybridized carbons (Fsp3) is 0.238. The molecule has 0 spiro atoms. The van der Waals surface area contributed by atoms with Crippen LogP contribution in [0.1, 0.15) is 24.1 Å². The smallest absolute Gasteiger partial charge is 0.119 e. The first-order valence-corrected chi connectivity index (χ1v) is 8.48. The Morgan fingerprint density at radius 1 is 1.04 bits per heavy atom. The molecule has 0 amide bonds. The third kappa shape index (κ3) is 3.40. The number of hydrogen-bond donors (Lipinski definition) is 0. The van der Waals surface area contributed by atoms with E-state index in [0.717, 1.165) is 22.9 Å². The number of nitrogens with zero attached hydrogens (tertiary/aromatic N) is 1. The average molecular weight is 340 g/mol. The number of methoxy groups -OCH3 is 1. The van der Waals surface area contributed by atoms with Crippen LogP contribution in [0.5, 0.6) is 5.75 Å². The highest BCUT2D eigenvalue weighted by Crippen LogP contribution is 2.30. The van der Waals surface area contributed by atoms with Crippen LogP contribution >= 0.6 is 11.6 Å². The van der Waals surface area contributed by atoms with Gasteiger partial charge < -0.3 is 4.74 Å². The van der Waals surface area contributed by atoms with Gasteiger partial charge in [-0.25, -0.2) is 0 Å². The second kappa shape index (κ2) is 7.25. The van der Waals surface area contributed by atoms with Crippen LogP contribution in [-0.4, -0.2) is 19.1 Å². The quantitative estimate of drug-likeness (QED) is 0.591. The van der Waals surface area contributed by atoms with Crippen molar-refractivity contribution in [1.29, 1.82) is 0 Å². The molecule has 124 valence electrons. The van der Waals surface area contributed by atoms with Crippen LogP contribution < -0.4 is 4.74 Å². The molecule has 24 heavy (non-hydrogen) atoms. The van der Waals surface area contributed by atoms with E-state index in [9.17, 15) is 0 Å². The monoisotopic (exact) mass is 339 g/mol. The lowest BCUT2D eigenvalue weighted by molar-refractivity contribution is 0.254. The van der Waals surface area contributed by atoms with Crippen molar-refractivity contribution >= 4 is 22.4 Å². The van der Waals surface area contributed by atoms with E-state index in [1.165, 1.54) is 16.3 Å². The third-order valence-corrected chi connectivity index (χ3v) is 4.98. The van der Waals surface area contributed by atoms with Crippen LogP contribution in [-0.2, 0) is 6.54 Å². The van der Waals surface area contributed by atoms with Gasteiger partial charge in [0.2, 0.25) is 0 Å². The van der Waals surface area contributed by atoms with Crippen molar-refractivity contribution in [2.24, 2.45) is 0 Å². The zero-order valence-electron chi connectivity index (χ0n) is 14.3. The molecule has 0 radical (unpaired) electrons. The Morgan fingerprint density at radius 3 is 2.58 bits per heavy atom. The molecular formula is C21H22ClNO. The molecule has 0 bridgehead atoms. The third-order valence-electron chi connectivity index (χ3n) is 4.61. The first-order valence-electron chi connectivity index (χ1n) is 8.10. The van der Waals surface area contributed by atoms with Crippen LogP contribution in [0, 0.1) is 0 Å². The van der Waals surface area contributed by atoms with Gasteiger partial charge in [-0.1, -0.05) is 54.1 Å². The standard InChI is InChI=1S/C21H22ClNO/c1-15(19-10-6-8-16-7-4-5-9-20(16)19)23(2)14-17-13-18(24-3)11-12-21(17)22/h4-13,15H,14H2,1-3H3/t15-/m1/s1. The lowest BCUT2D eigenvalue weighted by atomic mass is 9.98. The van der Waals surface area contributed by atoms with Gasteiger partial charge in [-0.05, 0) is 54.1 Å². The van der Waals surface area contributed by atoms with Gasteiger partial charge in [-0.15, -0.1) is 0 Å². The van der Waals surface area contributed by atoms with E-state index in [4.69, 9.17) is 16.3 Å². The number of benzene rings is 3. The first kappa shape index (κ1) is 16.8. The number of rotatable bonds is 5. The molecule has 0 saturated heterocycles. The first-order chi connectivity index (χ1) is 11.6. The highest BCUT2D eigenvalue weighted by molar-refractivity contribution is 6.31. The molecule has 0 N–H and O–H groups in total. The number of hydrogen-bond acceptors (Lipinski definition) is 2. The molecule has 0 fully saturated rings. The normalized spacial score (nSPS) is 12.5. The summed E-state index contributed by atoms with van der Waals surface area (Å²) in [6, 6.07) is 21.1. The summed E-state index contributed by atoms with van der Waals surface area (Å²) in [6.07, 6.45) is 0. The van der Waals surface area contributed by atoms with Crippen molar-refractivity contribution in [3.05, 3.63) is 76.8 Å². The minimum atomic E-state index is 0.276. The van der Waals surface area contributed by atoms with Crippen LogP contribution in [0.3, 0.4) is 0 Å². The fourth-order valence-corrected chi connectivity index (χ4v) is 3.23. The van der Waals surface area contributed by atoms with Crippen molar-refractivity contribution in [3.63, 3.8) is 0 Å². The summed E-state index contributed by atoms with van der Waals surface area (Å²) < 4.78 is 5.32. The van der Waals surface area contributed by atoms with E-state index >= 15 is 0 Å². The molecule has 3 rings (SSSR count). The van der Waals surface area contributed by atoms with Gasteiger partial charge in [0.1, 0.15) is 5.75 Å². The predicted octanol–water partition coefficient (Wildman–Crippen LogP) is 5.69. The molecule has 3 aromatic rings. The Hall–Kier alpha value is -2.03. The Kier molecular flexibility index (Phi) is 5.08. The van der Waals surface area contributed by atoms with Gasteiger partial charge in [-0.2, -0.15) is 0 Å². The summed E-state index contributed by atoms with van der Waals surface area (Å²) in [7, 11) is 3.80. The number of ether oxygens (including phenoxy) is 1. The molecule has 3 aromatic carbocycles. The van der Waals surface area contributed by atoms with Crippen molar-refractivity contribution < 1.29 is 4.74 Å². The fourth-order valence-electron chi connectivity index (χ4n) is 3.06. The maximum absolute atomic E-state index is 6.36. The van der Waals surface area contributed by atoms with Crippen molar-refractivity contribution in [2.45, 2.75) is 19.5 Å². The van der Waals surface area contributed by atoms with Crippen LogP contribution in [0.25, 0.3) is 10.8 Å². The molecule has 0 aliphatic carbocycles. The van der Waals surface area contributed by atoms with E-state index in [-0.39, 0.29) is 6.04 Å². The minimum Gasteiger partial charge on any atom is -0.497 e. The van der Waals surface area contributed by atoms with E-state index in [1.54, 1.807) is 7.11 Å². The highest BCUT2D eigenvalue weighted by atomic mass is 35.5. The van der Waals surface area contributed by atoms with Crippen molar-refractivity contribution in [2.75, 3.05) is 14.2 Å². The van der Waals surface area contributed by atoms with E-state index in [2.05, 4.69) is 61.3 Å². The second-order valence-electron chi connectivity index (χ2n) is 6.12. The van der Waals surface area contributed by atoms with Gasteiger partial charge in [0, 0.05) is 17.6 Å². The summed E-state index contributed by atoms with van der Waals surface area (Å²) in [5.41, 5.74) is 2.40. The van der Waals surface area contributed by atoms with E-state index < -0.39 is 0 Å². The molecule has 3 heteroatoms. The molecule has 0 unspecified atom stereocenters. The highest BCUT2D eigenvalue weighted by Gasteiger charge is 2.16. The Morgan fingerprint density at radius 2 is 1.79 bits per heavy atom. The molecule has 0 aromatic heterocycles. The summed E-state index contributed by atoms with van der Waals surface area (Å²) in [6.45, 7) is 3.00. The van der Waals surface area contributed by atoms with Gasteiger partial charge in [0.05, 0.1) is 7.11 Å². The van der Waals surface area contributed by atoms with Gasteiger partial charge >= 0.3 is 0 Å². The Labute approximate surface area is 148 Å². The number of fused-ring (bicyclic) bond motifs is 1. The molecule has 2 nitrogen and oxygen atoms in total. The molecule has 0 aliphatic rings. The molecule has 0 saturated carbocycles. The minimum absolute atomic E-state index is 0.276. The zero-order chi connectivity index (χ0) is 17.1. The van der Waals surface area contributed by atoms with E-state index in [0.29, 0.717) is 0 Å². The molecule has 1 atom stereocenters. The Bertz CT molecular complexity index is 841. The van der Waals surface area contributed by atoms with Crippen LogP contribution in [0.2, 0.25) is 5.02 Å². The maximum atomic E-state index is 6.36. The summed E-state index contributed by atoms with van der Waals surface area (Å²) >= 11 is 6.36. The van der Waals surface area contributed by atoms with E-state index in [1.807, 2.05) is 18.2 Å². The average Bonchev–Trinajstić information content (AvgIpc) is 2.62. The van der Waals surface area contributed by atoms with Gasteiger partial charge in [0.15, 0.2) is 0 Å². The number of halogens is 1. The molecule has 0 aliphatic heterocycles. The lowest BCUT2D eigenvalue weighted by Gasteiger charge is -2.26. The Balaban J connectivity index is 1.88. The second-order valence-corrected chi connectivity index (χ2v) is 6.52. The van der Waals surface area contributed by atoms with Gasteiger partial charge in [-0.3, -0.25) is 4.90 Å². The van der Waals surface area contributed by atoms with Crippen LogP contribution in [0.15, 0.2) is 60.7 Å². The predicted molar refractivity (Wildman–Crippen MR) is 102 cm³/mol. The van der Waals surface area contributed by atoms with Crippen molar-refractivity contribution in [1.82, 2.24) is 4.90 Å². The summed E-state index contributed by atoms with van der Waals surface area (Å²) in [5.74, 6) is 0.834. The zero-order valence-corrected chi connectivity index (χ0v) is 15.0. The summed E-state index contributed by atoms with van der Waals surface area (Å²) in [5, 5.41) is 3.35.